The zero-order valence-electron chi connectivity index (χ0n) is 13.7. The molecule has 0 saturated heterocycles. The van der Waals surface area contributed by atoms with Crippen molar-refractivity contribution < 1.29 is 22.7 Å². The van der Waals surface area contributed by atoms with Gasteiger partial charge in [0, 0.05) is 27.7 Å². The molecule has 0 spiro atoms. The monoisotopic (exact) mass is 439 g/mol. The molecular formula is C18H13BrF3N3O2. The van der Waals surface area contributed by atoms with Gasteiger partial charge in [0.05, 0.1) is 0 Å². The number of nitrogens with one attached hydrogen (secondary N) is 1. The van der Waals surface area contributed by atoms with Crippen molar-refractivity contribution in [2.75, 3.05) is 0 Å². The summed E-state index contributed by atoms with van der Waals surface area (Å²) < 4.78 is 48.6. The zero-order valence-corrected chi connectivity index (χ0v) is 15.3. The van der Waals surface area contributed by atoms with Crippen LogP contribution in [0.1, 0.15) is 22.3 Å². The van der Waals surface area contributed by atoms with Gasteiger partial charge in [-0.15, -0.1) is 0 Å². The smallest absolute Gasteiger partial charge is 0.293 e. The Balaban J connectivity index is 1.74. The number of halogens is 4. The maximum atomic E-state index is 14.3. The molecule has 2 aliphatic rings. The lowest BCUT2D eigenvalue weighted by Gasteiger charge is -2.33. The fourth-order valence-corrected chi connectivity index (χ4v) is 3.62. The van der Waals surface area contributed by atoms with E-state index in [2.05, 4.69) is 31.2 Å². The van der Waals surface area contributed by atoms with Gasteiger partial charge in [0.2, 0.25) is 5.95 Å². The topological polar surface area (TPSA) is 63.6 Å². The number of amides is 1. The third-order valence-electron chi connectivity index (χ3n) is 4.67. The summed E-state index contributed by atoms with van der Waals surface area (Å²) in [5.41, 5.74) is -2.17. The second kappa shape index (κ2) is 6.63. The molecule has 1 aromatic carbocycles. The van der Waals surface area contributed by atoms with Crippen molar-refractivity contribution in [3.05, 3.63) is 64.1 Å². The van der Waals surface area contributed by atoms with E-state index in [0.717, 1.165) is 0 Å². The molecule has 1 amide bonds. The number of amidine groups is 1. The minimum Gasteiger partial charge on any atom is -0.461 e. The van der Waals surface area contributed by atoms with Crippen LogP contribution in [-0.2, 0) is 10.3 Å². The van der Waals surface area contributed by atoms with E-state index in [1.54, 1.807) is 30.3 Å². The molecule has 1 saturated carbocycles. The first-order valence-corrected chi connectivity index (χ1v) is 8.93. The molecule has 1 aliphatic carbocycles. The van der Waals surface area contributed by atoms with E-state index in [1.807, 2.05) is 0 Å². The number of alkyl halides is 2. The average molecular weight is 440 g/mol. The molecule has 2 aromatic rings. The van der Waals surface area contributed by atoms with E-state index in [4.69, 9.17) is 4.74 Å². The molecule has 0 bridgehead atoms. The molecule has 1 unspecified atom stereocenters. The Hall–Kier alpha value is -2.42. The molecule has 9 heteroatoms. The molecule has 0 radical (unpaired) electrons. The standard InChI is InChI=1S/C18H13BrF3N3O2/c19-10-6-12(14(20)23-8-10)18(16(21)22)11-7-13(11)27-17(25-18)24-15(26)9-4-2-1-3-5-9/h1-6,8,11,13,16H,7H2,(H,24,25,26)/t11-,13?,18-/m0/s1. The molecule has 140 valence electrons. The Labute approximate surface area is 160 Å². The molecular weight excluding hydrogens is 427 g/mol. The van der Waals surface area contributed by atoms with Crippen LogP contribution in [0.3, 0.4) is 0 Å². The molecule has 1 N–H and O–H groups in total. The number of ether oxygens (including phenoxy) is 1. The van der Waals surface area contributed by atoms with Gasteiger partial charge in [0.15, 0.2) is 5.54 Å². The van der Waals surface area contributed by atoms with Crippen LogP contribution in [0.4, 0.5) is 13.2 Å². The van der Waals surface area contributed by atoms with E-state index < -0.39 is 35.8 Å². The van der Waals surface area contributed by atoms with E-state index in [0.29, 0.717) is 10.0 Å². The molecule has 5 nitrogen and oxygen atoms in total. The minimum atomic E-state index is -3.01. The van der Waals surface area contributed by atoms with Gasteiger partial charge in [-0.3, -0.25) is 10.1 Å². The van der Waals surface area contributed by atoms with E-state index >= 15 is 0 Å². The number of nitrogens with zero attached hydrogens (tertiary/aromatic N) is 2. The molecule has 4 rings (SSSR count). The van der Waals surface area contributed by atoms with Gasteiger partial charge in [-0.1, -0.05) is 18.2 Å². The van der Waals surface area contributed by atoms with Crippen molar-refractivity contribution >= 4 is 27.9 Å². The Bertz CT molecular complexity index is 925. The second-order valence-corrected chi connectivity index (χ2v) is 7.27. The third kappa shape index (κ3) is 3.09. The maximum Gasteiger partial charge on any atom is 0.293 e. The highest BCUT2D eigenvalue weighted by atomic mass is 79.9. The van der Waals surface area contributed by atoms with Crippen molar-refractivity contribution in [2.24, 2.45) is 10.9 Å². The lowest BCUT2D eigenvalue weighted by molar-refractivity contribution is 0.0161. The summed E-state index contributed by atoms with van der Waals surface area (Å²) in [4.78, 5) is 19.8. The van der Waals surface area contributed by atoms with Gasteiger partial charge in [0.25, 0.3) is 18.4 Å². The van der Waals surface area contributed by atoms with Crippen molar-refractivity contribution in [1.29, 1.82) is 0 Å². The van der Waals surface area contributed by atoms with Crippen LogP contribution in [0.5, 0.6) is 0 Å². The Morgan fingerprint density at radius 1 is 1.33 bits per heavy atom. The van der Waals surface area contributed by atoms with Gasteiger partial charge in [-0.05, 0) is 40.5 Å². The quantitative estimate of drug-likeness (QED) is 0.742. The highest BCUT2D eigenvalue weighted by Gasteiger charge is 2.64. The van der Waals surface area contributed by atoms with Crippen LogP contribution in [0, 0.1) is 11.9 Å². The van der Waals surface area contributed by atoms with Crippen molar-refractivity contribution in [2.45, 2.75) is 24.5 Å². The Morgan fingerprint density at radius 2 is 2.07 bits per heavy atom. The summed E-state index contributed by atoms with van der Waals surface area (Å²) in [7, 11) is 0. The molecule has 27 heavy (non-hydrogen) atoms. The number of benzene rings is 1. The molecule has 1 aromatic heterocycles. The molecule has 2 heterocycles. The zero-order chi connectivity index (χ0) is 19.2. The van der Waals surface area contributed by atoms with E-state index in [-0.39, 0.29) is 18.0 Å². The first-order chi connectivity index (χ1) is 12.9. The number of hydrogen-bond donors (Lipinski definition) is 1. The van der Waals surface area contributed by atoms with Crippen LogP contribution in [0.2, 0.25) is 0 Å². The highest BCUT2D eigenvalue weighted by molar-refractivity contribution is 9.10. The maximum absolute atomic E-state index is 14.3. The summed E-state index contributed by atoms with van der Waals surface area (Å²) in [6.07, 6.45) is -2.11. The molecule has 1 fully saturated rings. The molecule has 3 atom stereocenters. The normalized spacial score (nSPS) is 26.0. The summed E-state index contributed by atoms with van der Waals surface area (Å²) in [6.45, 7) is 0. The number of aliphatic imine (C=N–C) groups is 1. The fourth-order valence-electron chi connectivity index (χ4n) is 3.29. The first-order valence-electron chi connectivity index (χ1n) is 8.14. The predicted octanol–water partition coefficient (Wildman–Crippen LogP) is 3.65. The Kier molecular flexibility index (Phi) is 4.41. The SMILES string of the molecule is O=C(NC1=N[C@@](c2cc(Br)cnc2F)(C(F)F)[C@H]2CC2O1)c1ccccc1. The van der Waals surface area contributed by atoms with Gasteiger partial charge < -0.3 is 4.74 Å². The van der Waals surface area contributed by atoms with E-state index in [1.165, 1.54) is 12.3 Å². The summed E-state index contributed by atoms with van der Waals surface area (Å²) in [6, 6.07) is 9.11. The number of aromatic nitrogens is 1. The van der Waals surface area contributed by atoms with Crippen LogP contribution < -0.4 is 5.32 Å². The summed E-state index contributed by atoms with van der Waals surface area (Å²) >= 11 is 3.13. The average Bonchev–Trinajstić information content (AvgIpc) is 3.43. The number of fused-ring (bicyclic) bond motifs is 1. The number of hydrogen-bond acceptors (Lipinski definition) is 4. The number of rotatable bonds is 3. The fraction of sp³-hybridized carbons (Fsp3) is 0.278. The Morgan fingerprint density at radius 3 is 2.78 bits per heavy atom. The van der Waals surface area contributed by atoms with Gasteiger partial charge in [-0.25, -0.2) is 18.8 Å². The first kappa shape index (κ1) is 18.0. The molecule has 1 aliphatic heterocycles. The van der Waals surface area contributed by atoms with Gasteiger partial charge in [0.1, 0.15) is 6.10 Å². The lowest BCUT2D eigenvalue weighted by Crippen LogP contribution is -2.46. The van der Waals surface area contributed by atoms with Crippen molar-refractivity contribution in [1.82, 2.24) is 10.3 Å². The number of carbonyl (C=O) groups excluding carboxylic acids is 1. The number of pyridine rings is 1. The van der Waals surface area contributed by atoms with Crippen LogP contribution >= 0.6 is 15.9 Å². The number of carbonyl (C=O) groups is 1. The largest absolute Gasteiger partial charge is 0.461 e. The predicted molar refractivity (Wildman–Crippen MR) is 93.9 cm³/mol. The van der Waals surface area contributed by atoms with Crippen LogP contribution in [-0.4, -0.2) is 29.4 Å². The third-order valence-corrected chi connectivity index (χ3v) is 5.11. The second-order valence-electron chi connectivity index (χ2n) is 6.35. The van der Waals surface area contributed by atoms with Crippen molar-refractivity contribution in [3.63, 3.8) is 0 Å². The summed E-state index contributed by atoms with van der Waals surface area (Å²) in [5, 5.41) is 2.41. The highest BCUT2D eigenvalue weighted by Crippen LogP contribution is 2.56. The van der Waals surface area contributed by atoms with Gasteiger partial charge >= 0.3 is 0 Å². The van der Waals surface area contributed by atoms with Crippen LogP contribution in [0.25, 0.3) is 0 Å². The van der Waals surface area contributed by atoms with Gasteiger partial charge in [-0.2, -0.15) is 4.39 Å². The van der Waals surface area contributed by atoms with Crippen molar-refractivity contribution in [3.8, 4) is 0 Å². The summed E-state index contributed by atoms with van der Waals surface area (Å²) in [5.74, 6) is -2.27. The van der Waals surface area contributed by atoms with E-state index in [9.17, 15) is 18.0 Å². The minimum absolute atomic E-state index is 0.282. The lowest BCUT2D eigenvalue weighted by atomic mass is 9.86. The van der Waals surface area contributed by atoms with Crippen LogP contribution in [0.15, 0.2) is 52.1 Å².